The average molecular weight is 402 g/mol. The molecule has 2 aromatic rings. The van der Waals surface area contributed by atoms with Crippen molar-refractivity contribution in [1.29, 1.82) is 0 Å². The Morgan fingerprint density at radius 1 is 1.18 bits per heavy atom. The summed E-state index contributed by atoms with van der Waals surface area (Å²) in [5.74, 6) is 0.419. The number of aromatic nitrogens is 1. The number of nitrogens with zero attached hydrogens (tertiary/aromatic N) is 2. The van der Waals surface area contributed by atoms with Crippen molar-refractivity contribution < 1.29 is 9.53 Å². The molecule has 0 saturated heterocycles. The topological polar surface area (TPSA) is 63.6 Å². The lowest BCUT2D eigenvalue weighted by molar-refractivity contribution is 0.0955. The van der Waals surface area contributed by atoms with Gasteiger partial charge in [0.2, 0.25) is 0 Å². The van der Waals surface area contributed by atoms with E-state index in [1.165, 1.54) is 50.9 Å². The molecule has 0 spiro atoms. The van der Waals surface area contributed by atoms with Crippen LogP contribution in [0.5, 0.6) is 5.75 Å². The van der Waals surface area contributed by atoms with Gasteiger partial charge in [0.15, 0.2) is 0 Å². The van der Waals surface area contributed by atoms with Crippen molar-refractivity contribution in [2.45, 2.75) is 51.9 Å². The molecule has 2 rings (SSSR count). The molecule has 5 nitrogen and oxygen atoms in total. The molecule has 0 aliphatic carbocycles. The number of carbonyl (C=O) groups is 1. The molecule has 0 unspecified atom stereocenters. The van der Waals surface area contributed by atoms with Gasteiger partial charge in [-0.2, -0.15) is 5.10 Å². The Bertz CT molecular complexity index is 751. The third-order valence-corrected chi connectivity index (χ3v) is 4.61. The number of carbonyl (C=O) groups excluding carboxylic acids is 1. The maximum Gasteiger partial charge on any atom is 0.272 e. The van der Waals surface area contributed by atoms with E-state index in [0.717, 1.165) is 12.2 Å². The van der Waals surface area contributed by atoms with E-state index in [2.05, 4.69) is 22.4 Å². The molecule has 0 fully saturated rings. The van der Waals surface area contributed by atoms with Crippen LogP contribution < -0.4 is 10.2 Å². The molecule has 6 heteroatoms. The summed E-state index contributed by atoms with van der Waals surface area (Å²) < 4.78 is 5.76. The van der Waals surface area contributed by atoms with Gasteiger partial charge in [-0.1, -0.05) is 57.0 Å². The van der Waals surface area contributed by atoms with Crippen LogP contribution in [0.15, 0.2) is 47.8 Å². The van der Waals surface area contributed by atoms with E-state index >= 15 is 0 Å². The summed E-state index contributed by atoms with van der Waals surface area (Å²) in [6.45, 7) is 2.92. The van der Waals surface area contributed by atoms with Gasteiger partial charge in [0.25, 0.3) is 5.91 Å². The first kappa shape index (κ1) is 21.9. The number of ether oxygens (including phenoxy) is 1. The standard InChI is InChI=1S/C22H28ClN3O2/c1-2-3-4-5-6-7-8-14-28-20-12-11-18(21(23)15-20)17-25-26-22(27)19-10-9-13-24-16-19/h9-13,15-17H,2-8,14H2,1H3,(H,26,27)/b25-17-. The predicted octanol–water partition coefficient (Wildman–Crippen LogP) is 5.63. The van der Waals surface area contributed by atoms with Gasteiger partial charge < -0.3 is 4.74 Å². The van der Waals surface area contributed by atoms with Crippen molar-refractivity contribution in [3.05, 3.63) is 58.9 Å². The van der Waals surface area contributed by atoms with Crippen LogP contribution >= 0.6 is 11.6 Å². The number of benzene rings is 1. The molecule has 0 bridgehead atoms. The molecule has 0 atom stereocenters. The first-order valence-corrected chi connectivity index (χ1v) is 10.2. The van der Waals surface area contributed by atoms with Crippen LogP contribution in [0.3, 0.4) is 0 Å². The van der Waals surface area contributed by atoms with Crippen LogP contribution in [0.25, 0.3) is 0 Å². The Morgan fingerprint density at radius 2 is 1.96 bits per heavy atom. The van der Waals surface area contributed by atoms with Gasteiger partial charge in [-0.05, 0) is 36.8 Å². The van der Waals surface area contributed by atoms with Crippen molar-refractivity contribution in [3.8, 4) is 5.75 Å². The normalized spacial score (nSPS) is 10.9. The van der Waals surface area contributed by atoms with Crippen LogP contribution in [-0.2, 0) is 0 Å². The van der Waals surface area contributed by atoms with E-state index in [-0.39, 0.29) is 5.91 Å². The lowest BCUT2D eigenvalue weighted by atomic mass is 10.1. The van der Waals surface area contributed by atoms with Gasteiger partial charge in [-0.3, -0.25) is 9.78 Å². The van der Waals surface area contributed by atoms with E-state index in [4.69, 9.17) is 16.3 Å². The second kappa shape index (κ2) is 12.9. The second-order valence-corrected chi connectivity index (χ2v) is 7.00. The third-order valence-electron chi connectivity index (χ3n) is 4.28. The summed E-state index contributed by atoms with van der Waals surface area (Å²) in [4.78, 5) is 15.8. The monoisotopic (exact) mass is 401 g/mol. The van der Waals surface area contributed by atoms with Gasteiger partial charge >= 0.3 is 0 Å². The van der Waals surface area contributed by atoms with E-state index < -0.39 is 0 Å². The number of hydrogen-bond acceptors (Lipinski definition) is 4. The van der Waals surface area contributed by atoms with Crippen molar-refractivity contribution in [3.63, 3.8) is 0 Å². The molecular formula is C22H28ClN3O2. The summed E-state index contributed by atoms with van der Waals surface area (Å²) in [7, 11) is 0. The van der Waals surface area contributed by atoms with Gasteiger partial charge in [-0.25, -0.2) is 5.43 Å². The summed E-state index contributed by atoms with van der Waals surface area (Å²) in [5, 5.41) is 4.47. The van der Waals surface area contributed by atoms with E-state index in [0.29, 0.717) is 22.8 Å². The zero-order valence-corrected chi connectivity index (χ0v) is 17.1. The maximum atomic E-state index is 11.9. The SMILES string of the molecule is CCCCCCCCCOc1ccc(/C=N\NC(=O)c2cccnc2)c(Cl)c1. The van der Waals surface area contributed by atoms with Gasteiger partial charge in [0.05, 0.1) is 23.4 Å². The minimum atomic E-state index is -0.324. The van der Waals surface area contributed by atoms with Crippen molar-refractivity contribution in [2.24, 2.45) is 5.10 Å². The van der Waals surface area contributed by atoms with Crippen molar-refractivity contribution in [2.75, 3.05) is 6.61 Å². The van der Waals surface area contributed by atoms with Crippen LogP contribution in [0, 0.1) is 0 Å². The summed E-state index contributed by atoms with van der Waals surface area (Å²) in [6.07, 6.45) is 13.4. The van der Waals surface area contributed by atoms with E-state index in [9.17, 15) is 4.79 Å². The molecular weight excluding hydrogens is 374 g/mol. The summed E-state index contributed by atoms with van der Waals surface area (Å²) >= 11 is 6.28. The molecule has 1 aromatic carbocycles. The molecule has 1 N–H and O–H groups in total. The minimum absolute atomic E-state index is 0.324. The highest BCUT2D eigenvalue weighted by Crippen LogP contribution is 2.21. The Morgan fingerprint density at radius 3 is 2.68 bits per heavy atom. The van der Waals surface area contributed by atoms with Crippen LogP contribution in [-0.4, -0.2) is 23.7 Å². The largest absolute Gasteiger partial charge is 0.494 e. The van der Waals surface area contributed by atoms with Crippen molar-refractivity contribution in [1.82, 2.24) is 10.4 Å². The highest BCUT2D eigenvalue weighted by molar-refractivity contribution is 6.33. The molecule has 0 aliphatic heterocycles. The molecule has 28 heavy (non-hydrogen) atoms. The number of unbranched alkanes of at least 4 members (excludes halogenated alkanes) is 6. The highest BCUT2D eigenvalue weighted by Gasteiger charge is 2.04. The fourth-order valence-electron chi connectivity index (χ4n) is 2.67. The number of nitrogens with one attached hydrogen (secondary N) is 1. The molecule has 1 aromatic heterocycles. The average Bonchev–Trinajstić information content (AvgIpc) is 2.72. The molecule has 150 valence electrons. The quantitative estimate of drug-likeness (QED) is 0.285. The number of hydrazone groups is 1. The minimum Gasteiger partial charge on any atom is -0.494 e. The molecule has 0 radical (unpaired) electrons. The Hall–Kier alpha value is -2.40. The van der Waals surface area contributed by atoms with E-state index in [1.54, 1.807) is 24.4 Å². The van der Waals surface area contributed by atoms with Crippen molar-refractivity contribution >= 4 is 23.7 Å². The number of rotatable bonds is 12. The number of halogens is 1. The maximum absolute atomic E-state index is 11.9. The first-order chi connectivity index (χ1) is 13.7. The zero-order chi connectivity index (χ0) is 20.0. The number of hydrogen-bond donors (Lipinski definition) is 1. The number of pyridine rings is 1. The summed E-state index contributed by atoms with van der Waals surface area (Å²) in [5.41, 5.74) is 3.61. The lowest BCUT2D eigenvalue weighted by Gasteiger charge is -2.08. The fourth-order valence-corrected chi connectivity index (χ4v) is 2.89. The molecule has 0 saturated carbocycles. The Labute approximate surface area is 172 Å². The molecule has 1 heterocycles. The molecule has 0 aliphatic rings. The van der Waals surface area contributed by atoms with Crippen LogP contribution in [0.2, 0.25) is 5.02 Å². The van der Waals surface area contributed by atoms with Crippen LogP contribution in [0.4, 0.5) is 0 Å². The Kier molecular flexibility index (Phi) is 10.1. The van der Waals surface area contributed by atoms with E-state index in [1.807, 2.05) is 12.1 Å². The van der Waals surface area contributed by atoms with Gasteiger partial charge in [0, 0.05) is 18.0 Å². The fraction of sp³-hybridized carbons (Fsp3) is 0.409. The van der Waals surface area contributed by atoms with Gasteiger partial charge in [-0.15, -0.1) is 0 Å². The zero-order valence-electron chi connectivity index (χ0n) is 16.4. The third kappa shape index (κ3) is 8.09. The lowest BCUT2D eigenvalue weighted by Crippen LogP contribution is -2.17. The molecule has 1 amide bonds. The predicted molar refractivity (Wildman–Crippen MR) is 114 cm³/mol. The van der Waals surface area contributed by atoms with Gasteiger partial charge in [0.1, 0.15) is 5.75 Å². The second-order valence-electron chi connectivity index (χ2n) is 6.59. The Balaban J connectivity index is 1.72. The number of amides is 1. The smallest absolute Gasteiger partial charge is 0.272 e. The van der Waals surface area contributed by atoms with Crippen LogP contribution in [0.1, 0.15) is 67.8 Å². The highest BCUT2D eigenvalue weighted by atomic mass is 35.5. The first-order valence-electron chi connectivity index (χ1n) is 9.86. The summed E-state index contributed by atoms with van der Waals surface area (Å²) in [6, 6.07) is 8.81.